The Bertz CT molecular complexity index is 1840. The van der Waals surface area contributed by atoms with E-state index >= 15 is 0 Å². The fourth-order valence-electron chi connectivity index (χ4n) is 6.67. The minimum atomic E-state index is 0.536. The molecule has 0 saturated heterocycles. The molecule has 1 heteroatoms. The molecule has 44 heavy (non-hydrogen) atoms. The van der Waals surface area contributed by atoms with Gasteiger partial charge in [-0.05, 0) is 129 Å². The Labute approximate surface area is 261 Å². The molecule has 0 aliphatic heterocycles. The van der Waals surface area contributed by atoms with Crippen LogP contribution in [0, 0.1) is 0 Å². The summed E-state index contributed by atoms with van der Waals surface area (Å²) in [7, 11) is 0. The van der Waals surface area contributed by atoms with Crippen LogP contribution in [0.25, 0.3) is 33.4 Å². The second-order valence-corrected chi connectivity index (χ2v) is 12.7. The first kappa shape index (κ1) is 26.7. The van der Waals surface area contributed by atoms with Crippen LogP contribution in [0.15, 0.2) is 133 Å². The Kier molecular flexibility index (Phi) is 6.68. The summed E-state index contributed by atoms with van der Waals surface area (Å²) >= 11 is 0. The zero-order valence-corrected chi connectivity index (χ0v) is 25.6. The quantitative estimate of drug-likeness (QED) is 0.185. The van der Waals surface area contributed by atoms with Gasteiger partial charge in [0.1, 0.15) is 0 Å². The summed E-state index contributed by atoms with van der Waals surface area (Å²) in [5.74, 6) is 0.536. The Morgan fingerprint density at radius 3 is 1.00 bits per heavy atom. The van der Waals surface area contributed by atoms with Crippen molar-refractivity contribution in [1.82, 2.24) is 0 Å². The Balaban J connectivity index is 1.14. The zero-order chi connectivity index (χ0) is 29.6. The van der Waals surface area contributed by atoms with Crippen LogP contribution >= 0.6 is 0 Å². The monoisotopic (exact) mass is 567 g/mol. The fraction of sp³-hybridized carbons (Fsp3) is 0.163. The van der Waals surface area contributed by atoms with Crippen LogP contribution in [0.5, 0.6) is 0 Å². The van der Waals surface area contributed by atoms with Gasteiger partial charge in [0.2, 0.25) is 0 Å². The summed E-state index contributed by atoms with van der Waals surface area (Å²) in [6, 6.07) is 50.0. The van der Waals surface area contributed by atoms with Crippen molar-refractivity contribution in [2.75, 3.05) is 4.90 Å². The molecule has 1 nitrogen and oxygen atoms in total. The number of fused-ring (bicyclic) bond motifs is 2. The molecule has 0 fully saturated rings. The third kappa shape index (κ3) is 4.93. The van der Waals surface area contributed by atoms with Crippen LogP contribution in [0.3, 0.4) is 0 Å². The highest BCUT2D eigenvalue weighted by Crippen LogP contribution is 2.39. The van der Waals surface area contributed by atoms with Gasteiger partial charge >= 0.3 is 0 Å². The minimum Gasteiger partial charge on any atom is -0.311 e. The molecule has 0 heterocycles. The Hall–Kier alpha value is -4.88. The Morgan fingerprint density at radius 2 is 0.682 bits per heavy atom. The molecule has 0 unspecified atom stereocenters. The van der Waals surface area contributed by atoms with E-state index in [1.54, 1.807) is 0 Å². The van der Waals surface area contributed by atoms with E-state index in [0.717, 1.165) is 17.1 Å². The van der Waals surface area contributed by atoms with E-state index in [0.29, 0.717) is 5.92 Å². The highest BCUT2D eigenvalue weighted by Gasteiger charge is 2.17. The second kappa shape index (κ2) is 11.0. The van der Waals surface area contributed by atoms with E-state index < -0.39 is 0 Å². The highest BCUT2D eigenvalue weighted by molar-refractivity contribution is 5.81. The lowest BCUT2D eigenvalue weighted by atomic mass is 9.86. The van der Waals surface area contributed by atoms with Crippen molar-refractivity contribution in [3.8, 4) is 33.4 Å². The third-order valence-electron chi connectivity index (χ3n) is 9.69. The number of benzene rings is 6. The van der Waals surface area contributed by atoms with Gasteiger partial charge in [-0.15, -0.1) is 0 Å². The molecule has 0 radical (unpaired) electrons. The van der Waals surface area contributed by atoms with Gasteiger partial charge in [-0.3, -0.25) is 0 Å². The van der Waals surface area contributed by atoms with E-state index in [2.05, 4.69) is 152 Å². The zero-order valence-electron chi connectivity index (χ0n) is 25.6. The lowest BCUT2D eigenvalue weighted by molar-refractivity contribution is 0.840. The van der Waals surface area contributed by atoms with Gasteiger partial charge in [-0.2, -0.15) is 0 Å². The van der Waals surface area contributed by atoms with Crippen molar-refractivity contribution in [2.24, 2.45) is 0 Å². The molecule has 0 spiro atoms. The van der Waals surface area contributed by atoms with Crippen LogP contribution in [-0.2, 0) is 25.7 Å². The first-order valence-electron chi connectivity index (χ1n) is 16.0. The SMILES string of the molecule is CC(C)c1ccc(-c2ccc(N(c3ccc(-c4ccc5c(c4)CC5)cc3)c3ccc(-c4ccc5c(c4)CC5)cc3)cc2)cc1. The number of hydrogen-bond acceptors (Lipinski definition) is 1. The second-order valence-electron chi connectivity index (χ2n) is 12.7. The van der Waals surface area contributed by atoms with E-state index in [4.69, 9.17) is 0 Å². The average molecular weight is 568 g/mol. The van der Waals surface area contributed by atoms with E-state index in [1.165, 1.54) is 86.9 Å². The van der Waals surface area contributed by atoms with Crippen molar-refractivity contribution in [3.05, 3.63) is 161 Å². The van der Waals surface area contributed by atoms with Crippen LogP contribution in [0.4, 0.5) is 17.1 Å². The summed E-state index contributed by atoms with van der Waals surface area (Å²) in [4.78, 5) is 2.37. The van der Waals surface area contributed by atoms with Crippen LogP contribution in [0.2, 0.25) is 0 Å². The number of rotatable bonds is 7. The topological polar surface area (TPSA) is 3.24 Å². The van der Waals surface area contributed by atoms with Crippen LogP contribution in [-0.4, -0.2) is 0 Å². The van der Waals surface area contributed by atoms with Gasteiger partial charge in [0.25, 0.3) is 0 Å². The van der Waals surface area contributed by atoms with Gasteiger partial charge < -0.3 is 4.90 Å². The smallest absolute Gasteiger partial charge is 0.0462 e. The van der Waals surface area contributed by atoms with Gasteiger partial charge in [0.05, 0.1) is 0 Å². The number of aryl methyl sites for hydroxylation is 4. The first-order valence-corrected chi connectivity index (χ1v) is 16.0. The minimum absolute atomic E-state index is 0.536. The van der Waals surface area contributed by atoms with Gasteiger partial charge in [0.15, 0.2) is 0 Å². The van der Waals surface area contributed by atoms with E-state index in [-0.39, 0.29) is 0 Å². The molecule has 0 atom stereocenters. The summed E-state index contributed by atoms with van der Waals surface area (Å²) in [6.45, 7) is 4.48. The van der Waals surface area contributed by atoms with Gasteiger partial charge in [0, 0.05) is 17.1 Å². The lowest BCUT2D eigenvalue weighted by Gasteiger charge is -2.26. The standard InChI is InChI=1S/C43H37N/c1-29(2)30-3-5-31(6-4-30)32-15-21-41(22-16-32)44(42-23-17-35(18-24-42)39-13-9-33-7-11-37(33)27-39)43-25-19-36(20-26-43)40-14-10-34-8-12-38(34)28-40/h3-6,9-10,13-29H,7-8,11-12H2,1-2H3. The van der Waals surface area contributed by atoms with Crippen LogP contribution in [0.1, 0.15) is 47.6 Å². The maximum atomic E-state index is 2.37. The van der Waals surface area contributed by atoms with Crippen molar-refractivity contribution in [2.45, 2.75) is 45.4 Å². The molecule has 6 aromatic carbocycles. The lowest BCUT2D eigenvalue weighted by Crippen LogP contribution is -2.10. The van der Waals surface area contributed by atoms with Gasteiger partial charge in [-0.25, -0.2) is 0 Å². The molecular formula is C43H37N. The first-order chi connectivity index (χ1) is 21.6. The highest BCUT2D eigenvalue weighted by atomic mass is 15.1. The molecule has 0 saturated carbocycles. The number of hydrogen-bond donors (Lipinski definition) is 0. The van der Waals surface area contributed by atoms with Crippen molar-refractivity contribution < 1.29 is 0 Å². The summed E-state index contributed by atoms with van der Waals surface area (Å²) in [5.41, 5.74) is 18.4. The summed E-state index contributed by atoms with van der Waals surface area (Å²) < 4.78 is 0. The molecule has 0 amide bonds. The predicted octanol–water partition coefficient (Wildman–Crippen LogP) is 11.5. The molecule has 2 aliphatic rings. The van der Waals surface area contributed by atoms with Crippen molar-refractivity contribution in [3.63, 3.8) is 0 Å². The molecule has 0 N–H and O–H groups in total. The maximum Gasteiger partial charge on any atom is 0.0462 e. The number of anilines is 3. The molecule has 8 rings (SSSR count). The average Bonchev–Trinajstić information content (AvgIpc) is 3.04. The normalized spacial score (nSPS) is 13.1. The summed E-state index contributed by atoms with van der Waals surface area (Å²) in [5, 5.41) is 0. The largest absolute Gasteiger partial charge is 0.311 e. The van der Waals surface area contributed by atoms with E-state index in [9.17, 15) is 0 Å². The van der Waals surface area contributed by atoms with Crippen molar-refractivity contribution >= 4 is 17.1 Å². The molecule has 0 bridgehead atoms. The molecule has 214 valence electrons. The van der Waals surface area contributed by atoms with E-state index in [1.807, 2.05) is 0 Å². The molecule has 0 aromatic heterocycles. The van der Waals surface area contributed by atoms with Gasteiger partial charge in [-0.1, -0.05) is 111 Å². The predicted molar refractivity (Wildman–Crippen MR) is 186 cm³/mol. The maximum absolute atomic E-state index is 2.37. The van der Waals surface area contributed by atoms with Crippen molar-refractivity contribution in [1.29, 1.82) is 0 Å². The number of nitrogens with zero attached hydrogens (tertiary/aromatic N) is 1. The molecule has 2 aliphatic carbocycles. The van der Waals surface area contributed by atoms with Crippen LogP contribution < -0.4 is 4.90 Å². The molecule has 6 aromatic rings. The molecular weight excluding hydrogens is 530 g/mol. The third-order valence-corrected chi connectivity index (χ3v) is 9.69. The Morgan fingerprint density at radius 1 is 0.364 bits per heavy atom. The fourth-order valence-corrected chi connectivity index (χ4v) is 6.67. The summed E-state index contributed by atoms with van der Waals surface area (Å²) in [6.07, 6.45) is 4.84.